The predicted octanol–water partition coefficient (Wildman–Crippen LogP) is 1.67. The number of likely N-dealkylation sites (N-methyl/N-ethyl adjacent to an activating group) is 1. The standard InChI is InChI=1S/C14H22N2O/c1-15-13-8-9-16(10-13)14(11-17-2)12-6-4-3-5-7-12/h3-7,13-15H,8-11H2,1-2H3. The average Bonchev–Trinajstić information content (AvgIpc) is 2.85. The Morgan fingerprint density at radius 1 is 1.41 bits per heavy atom. The van der Waals surface area contributed by atoms with Crippen LogP contribution in [0.5, 0.6) is 0 Å². The number of nitrogens with one attached hydrogen (secondary N) is 1. The molecule has 2 rings (SSSR count). The van der Waals surface area contributed by atoms with Gasteiger partial charge in [0.1, 0.15) is 0 Å². The Labute approximate surface area is 104 Å². The largest absolute Gasteiger partial charge is 0.383 e. The molecule has 1 aliphatic heterocycles. The molecule has 0 saturated carbocycles. The second-order valence-electron chi connectivity index (χ2n) is 4.65. The van der Waals surface area contributed by atoms with Crippen LogP contribution in [0, 0.1) is 0 Å². The van der Waals surface area contributed by atoms with Crippen LogP contribution in [0.4, 0.5) is 0 Å². The molecule has 0 aliphatic carbocycles. The molecule has 1 aromatic rings. The minimum atomic E-state index is 0.388. The molecule has 94 valence electrons. The smallest absolute Gasteiger partial charge is 0.0659 e. The predicted molar refractivity (Wildman–Crippen MR) is 70.1 cm³/mol. The Kier molecular flexibility index (Phi) is 4.54. The van der Waals surface area contributed by atoms with Crippen LogP contribution >= 0.6 is 0 Å². The number of benzene rings is 1. The molecule has 3 heteroatoms. The Morgan fingerprint density at radius 3 is 2.76 bits per heavy atom. The third kappa shape index (κ3) is 3.06. The lowest BCUT2D eigenvalue weighted by Gasteiger charge is -2.27. The molecule has 0 amide bonds. The highest BCUT2D eigenvalue weighted by Gasteiger charge is 2.28. The van der Waals surface area contributed by atoms with Gasteiger partial charge in [-0.05, 0) is 19.0 Å². The van der Waals surface area contributed by atoms with Crippen molar-refractivity contribution in [3.63, 3.8) is 0 Å². The van der Waals surface area contributed by atoms with E-state index in [4.69, 9.17) is 4.74 Å². The molecule has 2 atom stereocenters. The van der Waals surface area contributed by atoms with Crippen molar-refractivity contribution >= 4 is 0 Å². The van der Waals surface area contributed by atoms with Crippen molar-refractivity contribution in [3.05, 3.63) is 35.9 Å². The summed E-state index contributed by atoms with van der Waals surface area (Å²) in [7, 11) is 3.82. The first-order valence-corrected chi connectivity index (χ1v) is 6.30. The SMILES string of the molecule is CNC1CCN(C(COC)c2ccccc2)C1. The van der Waals surface area contributed by atoms with E-state index in [1.807, 2.05) is 7.05 Å². The van der Waals surface area contributed by atoms with Crippen LogP contribution in [-0.4, -0.2) is 44.8 Å². The van der Waals surface area contributed by atoms with Gasteiger partial charge in [0.05, 0.1) is 12.6 Å². The Bertz CT molecular complexity index is 328. The average molecular weight is 234 g/mol. The topological polar surface area (TPSA) is 24.5 Å². The van der Waals surface area contributed by atoms with Crippen LogP contribution in [0.25, 0.3) is 0 Å². The minimum absolute atomic E-state index is 0.388. The van der Waals surface area contributed by atoms with Crippen molar-refractivity contribution in [2.24, 2.45) is 0 Å². The van der Waals surface area contributed by atoms with Gasteiger partial charge in [0.25, 0.3) is 0 Å². The van der Waals surface area contributed by atoms with Crippen molar-refractivity contribution in [3.8, 4) is 0 Å². The van der Waals surface area contributed by atoms with Gasteiger partial charge in [0.2, 0.25) is 0 Å². The Balaban J connectivity index is 2.08. The molecule has 1 saturated heterocycles. The van der Waals surface area contributed by atoms with E-state index in [0.29, 0.717) is 12.1 Å². The lowest BCUT2D eigenvalue weighted by Crippen LogP contribution is -2.33. The first kappa shape index (κ1) is 12.6. The lowest BCUT2D eigenvalue weighted by atomic mass is 10.1. The summed E-state index contributed by atoms with van der Waals surface area (Å²) in [6.07, 6.45) is 1.23. The monoisotopic (exact) mass is 234 g/mol. The van der Waals surface area contributed by atoms with Gasteiger partial charge in [-0.1, -0.05) is 30.3 Å². The van der Waals surface area contributed by atoms with Crippen molar-refractivity contribution < 1.29 is 4.74 Å². The maximum atomic E-state index is 5.38. The molecule has 1 aliphatic rings. The minimum Gasteiger partial charge on any atom is -0.383 e. The maximum Gasteiger partial charge on any atom is 0.0659 e. The summed E-state index contributed by atoms with van der Waals surface area (Å²) >= 11 is 0. The third-order valence-corrected chi connectivity index (χ3v) is 3.58. The van der Waals surface area contributed by atoms with Crippen LogP contribution in [0.2, 0.25) is 0 Å². The van der Waals surface area contributed by atoms with E-state index in [-0.39, 0.29) is 0 Å². The molecule has 1 heterocycles. The highest BCUT2D eigenvalue weighted by Crippen LogP contribution is 2.25. The molecule has 1 fully saturated rings. The van der Waals surface area contributed by atoms with E-state index < -0.39 is 0 Å². The van der Waals surface area contributed by atoms with Gasteiger partial charge in [0, 0.05) is 26.2 Å². The molecule has 2 unspecified atom stereocenters. The molecule has 0 radical (unpaired) electrons. The Morgan fingerprint density at radius 2 is 2.18 bits per heavy atom. The quantitative estimate of drug-likeness (QED) is 0.838. The summed E-state index contributed by atoms with van der Waals surface area (Å²) in [5.41, 5.74) is 1.35. The molecule has 0 bridgehead atoms. The summed E-state index contributed by atoms with van der Waals surface area (Å²) in [6.45, 7) is 3.02. The number of nitrogens with zero attached hydrogens (tertiary/aromatic N) is 1. The van der Waals surface area contributed by atoms with Gasteiger partial charge in [-0.25, -0.2) is 0 Å². The molecule has 0 aromatic heterocycles. The van der Waals surface area contributed by atoms with Crippen molar-refractivity contribution in [2.75, 3.05) is 33.9 Å². The van der Waals surface area contributed by atoms with E-state index in [9.17, 15) is 0 Å². The van der Waals surface area contributed by atoms with Crippen molar-refractivity contribution in [2.45, 2.75) is 18.5 Å². The molecule has 3 nitrogen and oxygen atoms in total. The zero-order valence-electron chi connectivity index (χ0n) is 10.7. The number of likely N-dealkylation sites (tertiary alicyclic amines) is 1. The van der Waals surface area contributed by atoms with Gasteiger partial charge in [0.15, 0.2) is 0 Å². The van der Waals surface area contributed by atoms with Crippen LogP contribution < -0.4 is 5.32 Å². The second kappa shape index (κ2) is 6.15. The fraction of sp³-hybridized carbons (Fsp3) is 0.571. The van der Waals surface area contributed by atoms with Gasteiger partial charge >= 0.3 is 0 Å². The summed E-state index contributed by atoms with van der Waals surface area (Å²) in [4.78, 5) is 2.51. The van der Waals surface area contributed by atoms with Gasteiger partial charge in [-0.3, -0.25) is 4.90 Å². The first-order valence-electron chi connectivity index (χ1n) is 6.30. The fourth-order valence-corrected chi connectivity index (χ4v) is 2.55. The zero-order valence-corrected chi connectivity index (χ0v) is 10.7. The van der Waals surface area contributed by atoms with Crippen LogP contribution in [0.1, 0.15) is 18.0 Å². The number of hydrogen-bond donors (Lipinski definition) is 1. The van der Waals surface area contributed by atoms with E-state index >= 15 is 0 Å². The van der Waals surface area contributed by atoms with Crippen molar-refractivity contribution in [1.82, 2.24) is 10.2 Å². The number of rotatable bonds is 5. The van der Waals surface area contributed by atoms with E-state index in [0.717, 1.165) is 19.7 Å². The second-order valence-corrected chi connectivity index (χ2v) is 4.65. The highest BCUT2D eigenvalue weighted by molar-refractivity contribution is 5.19. The zero-order chi connectivity index (χ0) is 12.1. The lowest BCUT2D eigenvalue weighted by molar-refractivity contribution is 0.104. The molecular formula is C14H22N2O. The molecule has 0 spiro atoms. The van der Waals surface area contributed by atoms with Crippen LogP contribution in [0.3, 0.4) is 0 Å². The summed E-state index contributed by atoms with van der Waals surface area (Å²) in [5, 5.41) is 3.36. The number of hydrogen-bond acceptors (Lipinski definition) is 3. The molecule has 1 N–H and O–H groups in total. The number of ether oxygens (including phenoxy) is 1. The summed E-state index contributed by atoms with van der Waals surface area (Å²) in [5.74, 6) is 0. The number of methoxy groups -OCH3 is 1. The fourth-order valence-electron chi connectivity index (χ4n) is 2.55. The van der Waals surface area contributed by atoms with E-state index in [1.54, 1.807) is 7.11 Å². The van der Waals surface area contributed by atoms with Crippen LogP contribution in [-0.2, 0) is 4.74 Å². The van der Waals surface area contributed by atoms with Gasteiger partial charge in [-0.2, -0.15) is 0 Å². The highest BCUT2D eigenvalue weighted by atomic mass is 16.5. The van der Waals surface area contributed by atoms with Gasteiger partial charge < -0.3 is 10.1 Å². The molecule has 1 aromatic carbocycles. The molecule has 17 heavy (non-hydrogen) atoms. The first-order chi connectivity index (χ1) is 8.35. The summed E-state index contributed by atoms with van der Waals surface area (Å²) < 4.78 is 5.38. The summed E-state index contributed by atoms with van der Waals surface area (Å²) in [6, 6.07) is 11.7. The molecular weight excluding hydrogens is 212 g/mol. The van der Waals surface area contributed by atoms with E-state index in [2.05, 4.69) is 40.5 Å². The van der Waals surface area contributed by atoms with E-state index in [1.165, 1.54) is 12.0 Å². The van der Waals surface area contributed by atoms with Gasteiger partial charge in [-0.15, -0.1) is 0 Å². The normalized spacial score (nSPS) is 22.8. The van der Waals surface area contributed by atoms with Crippen molar-refractivity contribution in [1.29, 1.82) is 0 Å². The Hall–Kier alpha value is -0.900. The van der Waals surface area contributed by atoms with Crippen LogP contribution in [0.15, 0.2) is 30.3 Å². The maximum absolute atomic E-state index is 5.38. The third-order valence-electron chi connectivity index (χ3n) is 3.58.